The third-order valence-electron chi connectivity index (χ3n) is 5.12. The Morgan fingerprint density at radius 3 is 2.65 bits per heavy atom. The van der Waals surface area contributed by atoms with Gasteiger partial charge >= 0.3 is 0 Å². The molecule has 1 saturated carbocycles. The summed E-state index contributed by atoms with van der Waals surface area (Å²) in [6, 6.07) is 17.9. The molecule has 0 bridgehead atoms. The van der Waals surface area contributed by atoms with Gasteiger partial charge in [0.25, 0.3) is 5.91 Å². The van der Waals surface area contributed by atoms with Crippen molar-refractivity contribution in [2.45, 2.75) is 37.8 Å². The molecule has 0 saturated heterocycles. The van der Waals surface area contributed by atoms with Crippen molar-refractivity contribution in [3.63, 3.8) is 0 Å². The minimum atomic E-state index is -0.216. The van der Waals surface area contributed by atoms with Crippen LogP contribution in [0.15, 0.2) is 60.8 Å². The number of benzene rings is 2. The fourth-order valence-corrected chi connectivity index (χ4v) is 3.66. The molecule has 0 unspecified atom stereocenters. The molecule has 0 atom stereocenters. The zero-order valence-electron chi connectivity index (χ0n) is 14.6. The minimum Gasteiger partial charge on any atom is -0.393 e. The highest BCUT2D eigenvalue weighted by molar-refractivity contribution is 5.98. The summed E-state index contributed by atoms with van der Waals surface area (Å²) in [5, 5.41) is 13.8. The molecule has 2 aromatic carbocycles. The largest absolute Gasteiger partial charge is 0.393 e. The van der Waals surface area contributed by atoms with E-state index in [1.807, 2.05) is 48.5 Å². The average Bonchev–Trinajstić information content (AvgIpc) is 2.69. The second-order valence-corrected chi connectivity index (χ2v) is 6.94. The van der Waals surface area contributed by atoms with Crippen LogP contribution in [0.2, 0.25) is 0 Å². The quantitative estimate of drug-likeness (QED) is 0.755. The van der Waals surface area contributed by atoms with Crippen LogP contribution in [-0.2, 0) is 0 Å². The van der Waals surface area contributed by atoms with E-state index >= 15 is 0 Å². The van der Waals surface area contributed by atoms with E-state index in [2.05, 4.69) is 16.4 Å². The van der Waals surface area contributed by atoms with Gasteiger partial charge in [-0.05, 0) is 61.1 Å². The Labute approximate surface area is 152 Å². The van der Waals surface area contributed by atoms with Crippen molar-refractivity contribution >= 4 is 16.8 Å². The number of pyridine rings is 1. The SMILES string of the molecule is O=C(NC1CCC(O)CC1)c1cccc(-c2ccnc3ccccc23)c1. The molecule has 0 aliphatic heterocycles. The van der Waals surface area contributed by atoms with E-state index in [0.717, 1.165) is 47.7 Å². The molecule has 2 N–H and O–H groups in total. The molecule has 1 aliphatic carbocycles. The van der Waals surface area contributed by atoms with Crippen LogP contribution in [0.5, 0.6) is 0 Å². The summed E-state index contributed by atoms with van der Waals surface area (Å²) in [5.74, 6) is -0.0494. The Hall–Kier alpha value is -2.72. The van der Waals surface area contributed by atoms with E-state index in [0.29, 0.717) is 5.56 Å². The van der Waals surface area contributed by atoms with E-state index in [1.54, 1.807) is 6.20 Å². The lowest BCUT2D eigenvalue weighted by atomic mass is 9.93. The molecular formula is C22H22N2O2. The molecule has 1 fully saturated rings. The molecule has 4 nitrogen and oxygen atoms in total. The standard InChI is InChI=1S/C22H22N2O2/c25-18-10-8-17(9-11-18)24-22(26)16-5-3-4-15(14-16)19-12-13-23-21-7-2-1-6-20(19)21/h1-7,12-14,17-18,25H,8-11H2,(H,24,26). The predicted octanol–water partition coefficient (Wildman–Crippen LogP) is 3.94. The number of hydrogen-bond donors (Lipinski definition) is 2. The van der Waals surface area contributed by atoms with E-state index in [1.165, 1.54) is 0 Å². The number of aliphatic hydroxyl groups excluding tert-OH is 1. The summed E-state index contributed by atoms with van der Waals surface area (Å²) < 4.78 is 0. The highest BCUT2D eigenvalue weighted by Crippen LogP contribution is 2.28. The summed E-state index contributed by atoms with van der Waals surface area (Å²) in [4.78, 5) is 17.1. The summed E-state index contributed by atoms with van der Waals surface area (Å²) in [6.07, 6.45) is 4.77. The van der Waals surface area contributed by atoms with Crippen LogP contribution in [0.3, 0.4) is 0 Å². The highest BCUT2D eigenvalue weighted by atomic mass is 16.3. The van der Waals surface area contributed by atoms with Gasteiger partial charge in [0, 0.05) is 23.2 Å². The first-order chi connectivity index (χ1) is 12.7. The van der Waals surface area contributed by atoms with Crippen LogP contribution < -0.4 is 5.32 Å². The second-order valence-electron chi connectivity index (χ2n) is 6.94. The Morgan fingerprint density at radius 2 is 1.81 bits per heavy atom. The van der Waals surface area contributed by atoms with Gasteiger partial charge in [-0.15, -0.1) is 0 Å². The van der Waals surface area contributed by atoms with Crippen LogP contribution in [0.25, 0.3) is 22.0 Å². The van der Waals surface area contributed by atoms with Crippen molar-refractivity contribution in [3.8, 4) is 11.1 Å². The number of carbonyl (C=O) groups excluding carboxylic acids is 1. The third kappa shape index (κ3) is 3.46. The number of rotatable bonds is 3. The summed E-state index contributed by atoms with van der Waals surface area (Å²) >= 11 is 0. The van der Waals surface area contributed by atoms with Gasteiger partial charge in [-0.3, -0.25) is 9.78 Å². The number of carbonyl (C=O) groups is 1. The molecule has 132 valence electrons. The number of aliphatic hydroxyl groups is 1. The maximum atomic E-state index is 12.7. The van der Waals surface area contributed by atoms with Gasteiger partial charge in [-0.2, -0.15) is 0 Å². The molecule has 1 heterocycles. The number of hydrogen-bond acceptors (Lipinski definition) is 3. The van der Waals surface area contributed by atoms with Gasteiger partial charge in [0.05, 0.1) is 11.6 Å². The van der Waals surface area contributed by atoms with E-state index in [9.17, 15) is 9.90 Å². The zero-order chi connectivity index (χ0) is 17.9. The molecule has 4 heteroatoms. The number of nitrogens with one attached hydrogen (secondary N) is 1. The van der Waals surface area contributed by atoms with Crippen LogP contribution in [0.4, 0.5) is 0 Å². The number of aromatic nitrogens is 1. The third-order valence-corrected chi connectivity index (χ3v) is 5.12. The molecule has 1 amide bonds. The first-order valence-corrected chi connectivity index (χ1v) is 9.14. The second kappa shape index (κ2) is 7.26. The molecule has 1 aliphatic rings. The van der Waals surface area contributed by atoms with Crippen molar-refractivity contribution < 1.29 is 9.90 Å². The first-order valence-electron chi connectivity index (χ1n) is 9.14. The lowest BCUT2D eigenvalue weighted by molar-refractivity contribution is 0.0867. The predicted molar refractivity (Wildman–Crippen MR) is 103 cm³/mol. The maximum absolute atomic E-state index is 12.7. The molecular weight excluding hydrogens is 324 g/mol. The Morgan fingerprint density at radius 1 is 1.00 bits per heavy atom. The monoisotopic (exact) mass is 346 g/mol. The number of amides is 1. The van der Waals surface area contributed by atoms with Crippen molar-refractivity contribution in [1.29, 1.82) is 0 Å². The van der Waals surface area contributed by atoms with Gasteiger partial charge in [0.15, 0.2) is 0 Å². The molecule has 4 rings (SSSR count). The van der Waals surface area contributed by atoms with Gasteiger partial charge in [-0.25, -0.2) is 0 Å². The lowest BCUT2D eigenvalue weighted by Crippen LogP contribution is -2.38. The zero-order valence-corrected chi connectivity index (χ0v) is 14.6. The highest BCUT2D eigenvalue weighted by Gasteiger charge is 2.21. The molecule has 1 aromatic heterocycles. The summed E-state index contributed by atoms with van der Waals surface area (Å²) in [6.45, 7) is 0. The molecule has 0 radical (unpaired) electrons. The molecule has 3 aromatic rings. The Bertz CT molecular complexity index is 925. The number of fused-ring (bicyclic) bond motifs is 1. The topological polar surface area (TPSA) is 62.2 Å². The van der Waals surface area contributed by atoms with Crippen LogP contribution in [0, 0.1) is 0 Å². The van der Waals surface area contributed by atoms with Gasteiger partial charge in [0.2, 0.25) is 0 Å². The van der Waals surface area contributed by atoms with Crippen LogP contribution in [-0.4, -0.2) is 28.1 Å². The first kappa shape index (κ1) is 16.7. The minimum absolute atomic E-state index is 0.0494. The van der Waals surface area contributed by atoms with Gasteiger partial charge in [0.1, 0.15) is 0 Å². The fraction of sp³-hybridized carbons (Fsp3) is 0.273. The Balaban J connectivity index is 1.59. The maximum Gasteiger partial charge on any atom is 0.251 e. The van der Waals surface area contributed by atoms with E-state index < -0.39 is 0 Å². The van der Waals surface area contributed by atoms with Crippen molar-refractivity contribution in [2.24, 2.45) is 0 Å². The van der Waals surface area contributed by atoms with E-state index in [4.69, 9.17) is 0 Å². The average molecular weight is 346 g/mol. The van der Waals surface area contributed by atoms with Crippen molar-refractivity contribution in [3.05, 3.63) is 66.4 Å². The lowest BCUT2D eigenvalue weighted by Gasteiger charge is -2.26. The Kier molecular flexibility index (Phi) is 4.67. The van der Waals surface area contributed by atoms with Gasteiger partial charge in [-0.1, -0.05) is 30.3 Å². The van der Waals surface area contributed by atoms with Crippen LogP contribution >= 0.6 is 0 Å². The molecule has 26 heavy (non-hydrogen) atoms. The molecule has 0 spiro atoms. The van der Waals surface area contributed by atoms with Crippen molar-refractivity contribution in [1.82, 2.24) is 10.3 Å². The normalized spacial score (nSPS) is 20.0. The number of para-hydroxylation sites is 1. The smallest absolute Gasteiger partial charge is 0.251 e. The van der Waals surface area contributed by atoms with E-state index in [-0.39, 0.29) is 18.1 Å². The fourth-order valence-electron chi connectivity index (χ4n) is 3.66. The summed E-state index contributed by atoms with van der Waals surface area (Å²) in [7, 11) is 0. The van der Waals surface area contributed by atoms with Crippen molar-refractivity contribution in [2.75, 3.05) is 0 Å². The summed E-state index contributed by atoms with van der Waals surface area (Å²) in [5.41, 5.74) is 3.69. The van der Waals surface area contributed by atoms with Crippen LogP contribution in [0.1, 0.15) is 36.0 Å². The van der Waals surface area contributed by atoms with Gasteiger partial charge < -0.3 is 10.4 Å². The number of nitrogens with zero attached hydrogens (tertiary/aromatic N) is 1.